The van der Waals surface area contributed by atoms with Gasteiger partial charge < -0.3 is 14.8 Å². The lowest BCUT2D eigenvalue weighted by atomic mass is 9.89. The lowest BCUT2D eigenvalue weighted by molar-refractivity contribution is 0.147. The molecule has 1 heterocycles. The normalized spacial score (nSPS) is 13.8. The van der Waals surface area contributed by atoms with E-state index in [2.05, 4.69) is 33.0 Å². The van der Waals surface area contributed by atoms with E-state index in [1.54, 1.807) is 0 Å². The van der Waals surface area contributed by atoms with Gasteiger partial charge in [-0.3, -0.25) is 0 Å². The van der Waals surface area contributed by atoms with E-state index in [0.29, 0.717) is 0 Å². The number of aliphatic hydroxyl groups excluding tert-OH is 1. The fourth-order valence-electron chi connectivity index (χ4n) is 1.88. The largest absolute Gasteiger partial charge is 0.464 e. The molecule has 0 bridgehead atoms. The number of nitrogens with one attached hydrogen (secondary N) is 1. The number of hydrogen-bond acceptors (Lipinski definition) is 3. The molecule has 1 aromatic rings. The zero-order valence-electron chi connectivity index (χ0n) is 12.1. The van der Waals surface area contributed by atoms with Crippen molar-refractivity contribution in [2.45, 2.75) is 53.0 Å². The topological polar surface area (TPSA) is 45.4 Å². The first-order valence-corrected chi connectivity index (χ1v) is 6.91. The molecule has 0 aliphatic rings. The smallest absolute Gasteiger partial charge is 0.120 e. The van der Waals surface area contributed by atoms with Gasteiger partial charge in [-0.1, -0.05) is 20.8 Å². The number of hydrogen-bond donors (Lipinski definition) is 2. The van der Waals surface area contributed by atoms with Gasteiger partial charge in [-0.15, -0.1) is 0 Å². The van der Waals surface area contributed by atoms with Crippen molar-refractivity contribution in [2.24, 2.45) is 5.41 Å². The predicted molar refractivity (Wildman–Crippen MR) is 74.6 cm³/mol. The van der Waals surface area contributed by atoms with Crippen LogP contribution in [0.2, 0.25) is 0 Å². The maximum Gasteiger partial charge on any atom is 0.120 e. The van der Waals surface area contributed by atoms with Gasteiger partial charge in [0.25, 0.3) is 0 Å². The lowest BCUT2D eigenvalue weighted by Crippen LogP contribution is -2.23. The number of rotatable bonds is 8. The summed E-state index contributed by atoms with van der Waals surface area (Å²) in [7, 11) is 0. The standard InChI is InChI=1S/C15H27NO2/c1-5-13-7-8-14(18-13)12(2)16-10-6-9-15(3,4)11-17/h7-8,12,16-17H,5-6,9-11H2,1-4H3. The third kappa shape index (κ3) is 4.83. The maximum atomic E-state index is 9.18. The Morgan fingerprint density at radius 1 is 1.39 bits per heavy atom. The highest BCUT2D eigenvalue weighted by molar-refractivity contribution is 5.10. The maximum absolute atomic E-state index is 9.18. The molecule has 2 N–H and O–H groups in total. The highest BCUT2D eigenvalue weighted by Gasteiger charge is 2.16. The zero-order valence-corrected chi connectivity index (χ0v) is 12.1. The van der Waals surface area contributed by atoms with Gasteiger partial charge in [0.15, 0.2) is 0 Å². The summed E-state index contributed by atoms with van der Waals surface area (Å²) in [6.45, 7) is 9.60. The van der Waals surface area contributed by atoms with Crippen molar-refractivity contribution in [3.05, 3.63) is 23.7 Å². The van der Waals surface area contributed by atoms with E-state index in [0.717, 1.165) is 37.3 Å². The van der Waals surface area contributed by atoms with Crippen molar-refractivity contribution >= 4 is 0 Å². The Balaban J connectivity index is 2.27. The van der Waals surface area contributed by atoms with Crippen molar-refractivity contribution in [1.29, 1.82) is 0 Å². The second-order valence-electron chi connectivity index (χ2n) is 5.76. The molecular formula is C15H27NO2. The SMILES string of the molecule is CCc1ccc(C(C)NCCCC(C)(C)CO)o1. The van der Waals surface area contributed by atoms with Crippen molar-refractivity contribution < 1.29 is 9.52 Å². The zero-order chi connectivity index (χ0) is 13.6. The molecule has 0 radical (unpaired) electrons. The van der Waals surface area contributed by atoms with Crippen LogP contribution in [-0.4, -0.2) is 18.3 Å². The minimum Gasteiger partial charge on any atom is -0.464 e. The molecule has 1 unspecified atom stereocenters. The summed E-state index contributed by atoms with van der Waals surface area (Å²) in [5.41, 5.74) is 0.0327. The molecule has 104 valence electrons. The van der Waals surface area contributed by atoms with Gasteiger partial charge in [-0.2, -0.15) is 0 Å². The predicted octanol–water partition coefficient (Wildman–Crippen LogP) is 3.29. The summed E-state index contributed by atoms with van der Waals surface area (Å²) in [6.07, 6.45) is 3.04. The molecular weight excluding hydrogens is 226 g/mol. The molecule has 0 fully saturated rings. The molecule has 0 spiro atoms. The first-order chi connectivity index (χ1) is 8.48. The van der Waals surface area contributed by atoms with E-state index in [4.69, 9.17) is 4.42 Å². The van der Waals surface area contributed by atoms with Crippen LogP contribution in [0.5, 0.6) is 0 Å². The van der Waals surface area contributed by atoms with Crippen LogP contribution >= 0.6 is 0 Å². The summed E-state index contributed by atoms with van der Waals surface area (Å²) < 4.78 is 5.71. The Bertz CT molecular complexity index is 344. The van der Waals surface area contributed by atoms with Crippen LogP contribution in [0.3, 0.4) is 0 Å². The lowest BCUT2D eigenvalue weighted by Gasteiger charge is -2.21. The quantitative estimate of drug-likeness (QED) is 0.699. The van der Waals surface area contributed by atoms with Crippen molar-refractivity contribution in [1.82, 2.24) is 5.32 Å². The number of aryl methyl sites for hydroxylation is 1. The van der Waals surface area contributed by atoms with E-state index >= 15 is 0 Å². The highest BCUT2D eigenvalue weighted by atomic mass is 16.3. The van der Waals surface area contributed by atoms with Crippen molar-refractivity contribution in [3.8, 4) is 0 Å². The first-order valence-electron chi connectivity index (χ1n) is 6.91. The molecule has 0 amide bonds. The average molecular weight is 253 g/mol. The molecule has 3 nitrogen and oxygen atoms in total. The van der Waals surface area contributed by atoms with Gasteiger partial charge >= 0.3 is 0 Å². The monoisotopic (exact) mass is 253 g/mol. The minimum absolute atomic E-state index is 0.0327. The Kier molecular flexibility index (Phi) is 5.89. The van der Waals surface area contributed by atoms with Crippen molar-refractivity contribution in [2.75, 3.05) is 13.2 Å². The van der Waals surface area contributed by atoms with Gasteiger partial charge in [0.05, 0.1) is 6.04 Å². The summed E-state index contributed by atoms with van der Waals surface area (Å²) >= 11 is 0. The summed E-state index contributed by atoms with van der Waals surface area (Å²) in [5, 5.41) is 12.6. The van der Waals surface area contributed by atoms with Crippen LogP contribution in [0.4, 0.5) is 0 Å². The number of furan rings is 1. The van der Waals surface area contributed by atoms with Gasteiger partial charge in [-0.05, 0) is 43.9 Å². The van der Waals surface area contributed by atoms with Gasteiger partial charge in [0.1, 0.15) is 11.5 Å². The first kappa shape index (κ1) is 15.3. The Morgan fingerprint density at radius 3 is 2.67 bits per heavy atom. The summed E-state index contributed by atoms with van der Waals surface area (Å²) in [5.74, 6) is 2.05. The molecule has 0 aromatic carbocycles. The van der Waals surface area contributed by atoms with E-state index in [-0.39, 0.29) is 18.1 Å². The van der Waals surface area contributed by atoms with Crippen LogP contribution in [0.15, 0.2) is 16.5 Å². The van der Waals surface area contributed by atoms with E-state index < -0.39 is 0 Å². The van der Waals surface area contributed by atoms with Crippen LogP contribution in [0.1, 0.15) is 58.1 Å². The molecule has 0 aliphatic heterocycles. The molecule has 18 heavy (non-hydrogen) atoms. The van der Waals surface area contributed by atoms with Gasteiger partial charge in [0, 0.05) is 13.0 Å². The van der Waals surface area contributed by atoms with E-state index in [1.165, 1.54) is 0 Å². The molecule has 0 saturated carbocycles. The molecule has 1 atom stereocenters. The van der Waals surface area contributed by atoms with Gasteiger partial charge in [-0.25, -0.2) is 0 Å². The average Bonchev–Trinajstić information content (AvgIpc) is 2.83. The van der Waals surface area contributed by atoms with Crippen LogP contribution < -0.4 is 5.32 Å². The number of aliphatic hydroxyl groups is 1. The van der Waals surface area contributed by atoms with Crippen LogP contribution in [0.25, 0.3) is 0 Å². The van der Waals surface area contributed by atoms with Crippen LogP contribution in [-0.2, 0) is 6.42 Å². The third-order valence-electron chi connectivity index (χ3n) is 3.37. The Morgan fingerprint density at radius 2 is 2.11 bits per heavy atom. The summed E-state index contributed by atoms with van der Waals surface area (Å²) in [4.78, 5) is 0. The second-order valence-corrected chi connectivity index (χ2v) is 5.76. The molecule has 0 saturated heterocycles. The molecule has 1 aromatic heterocycles. The minimum atomic E-state index is 0.0327. The van der Waals surface area contributed by atoms with Gasteiger partial charge in [0.2, 0.25) is 0 Å². The fourth-order valence-corrected chi connectivity index (χ4v) is 1.88. The molecule has 3 heteroatoms. The molecule has 1 rings (SSSR count). The van der Waals surface area contributed by atoms with Crippen molar-refractivity contribution in [3.63, 3.8) is 0 Å². The fraction of sp³-hybridized carbons (Fsp3) is 0.733. The Labute approximate surface area is 111 Å². The van der Waals surface area contributed by atoms with E-state index in [1.807, 2.05) is 12.1 Å². The van der Waals surface area contributed by atoms with Crippen LogP contribution in [0, 0.1) is 5.41 Å². The Hall–Kier alpha value is -0.800. The highest BCUT2D eigenvalue weighted by Crippen LogP contribution is 2.21. The van der Waals surface area contributed by atoms with E-state index in [9.17, 15) is 5.11 Å². The third-order valence-corrected chi connectivity index (χ3v) is 3.37. The molecule has 0 aliphatic carbocycles. The second kappa shape index (κ2) is 6.95. The summed E-state index contributed by atoms with van der Waals surface area (Å²) in [6, 6.07) is 4.35.